The fourth-order valence-corrected chi connectivity index (χ4v) is 5.70. The summed E-state index contributed by atoms with van der Waals surface area (Å²) in [6.07, 6.45) is 2.63. The molecule has 44 heavy (non-hydrogen) atoms. The van der Waals surface area contributed by atoms with Crippen molar-refractivity contribution >= 4 is 38.3 Å². The maximum atomic E-state index is 13.1. The smallest absolute Gasteiger partial charge is 0.293 e. The largest absolute Gasteiger partial charge is 0.455 e. The summed E-state index contributed by atoms with van der Waals surface area (Å²) in [5.41, 5.74) is -0.0172. The zero-order valence-electron chi connectivity index (χ0n) is 23.1. The van der Waals surface area contributed by atoms with Crippen molar-refractivity contribution in [2.45, 2.75) is 17.0 Å². The molecule has 16 heteroatoms. The van der Waals surface area contributed by atoms with E-state index in [4.69, 9.17) is 9.47 Å². The minimum Gasteiger partial charge on any atom is -0.455 e. The second kappa shape index (κ2) is 13.3. The number of aromatic amines is 1. The molecule has 1 saturated heterocycles. The van der Waals surface area contributed by atoms with Gasteiger partial charge in [-0.15, -0.1) is 0 Å². The average molecular weight is 631 g/mol. The van der Waals surface area contributed by atoms with Crippen LogP contribution in [0.4, 0.5) is 20.2 Å². The predicted octanol–water partition coefficient (Wildman–Crippen LogP) is 3.80. The minimum absolute atomic E-state index is 0.000259. The summed E-state index contributed by atoms with van der Waals surface area (Å²) >= 11 is 0. The van der Waals surface area contributed by atoms with Crippen molar-refractivity contribution in [3.8, 4) is 11.5 Å². The van der Waals surface area contributed by atoms with Crippen LogP contribution in [0, 0.1) is 10.1 Å². The highest BCUT2D eigenvalue weighted by atomic mass is 32.2. The summed E-state index contributed by atoms with van der Waals surface area (Å²) in [6.45, 7) is -0.849. The third-order valence-corrected chi connectivity index (χ3v) is 8.33. The Labute approximate surface area is 250 Å². The van der Waals surface area contributed by atoms with Gasteiger partial charge in [0, 0.05) is 37.3 Å². The van der Waals surface area contributed by atoms with Gasteiger partial charge in [0.2, 0.25) is 0 Å². The highest BCUT2D eigenvalue weighted by molar-refractivity contribution is 7.90. The van der Waals surface area contributed by atoms with Crippen LogP contribution in [-0.4, -0.2) is 85.9 Å². The van der Waals surface area contributed by atoms with Crippen molar-refractivity contribution in [1.82, 2.24) is 19.6 Å². The van der Waals surface area contributed by atoms with Gasteiger partial charge in [-0.25, -0.2) is 26.9 Å². The van der Waals surface area contributed by atoms with Gasteiger partial charge >= 0.3 is 0 Å². The van der Waals surface area contributed by atoms with Crippen molar-refractivity contribution in [1.29, 1.82) is 0 Å². The fraction of sp³-hybridized carbons (Fsp3) is 0.286. The topological polar surface area (TPSA) is 169 Å². The van der Waals surface area contributed by atoms with Crippen molar-refractivity contribution in [2.75, 3.05) is 44.9 Å². The molecule has 1 amide bonds. The molecule has 2 aromatic heterocycles. The van der Waals surface area contributed by atoms with Crippen molar-refractivity contribution < 1.29 is 36.4 Å². The highest BCUT2D eigenvalue weighted by Crippen LogP contribution is 2.30. The van der Waals surface area contributed by atoms with Crippen LogP contribution in [0.5, 0.6) is 11.5 Å². The summed E-state index contributed by atoms with van der Waals surface area (Å²) in [6, 6.07) is 11.7. The van der Waals surface area contributed by atoms with Crippen LogP contribution in [0.15, 0.2) is 71.9 Å². The second-order valence-electron chi connectivity index (χ2n) is 9.89. The fourth-order valence-electron chi connectivity index (χ4n) is 4.72. The van der Waals surface area contributed by atoms with E-state index in [0.29, 0.717) is 17.9 Å². The lowest BCUT2D eigenvalue weighted by molar-refractivity contribution is -0.384. The van der Waals surface area contributed by atoms with Crippen LogP contribution < -0.4 is 14.8 Å². The van der Waals surface area contributed by atoms with Gasteiger partial charge in [0.15, 0.2) is 0 Å². The number of sulfonamides is 1. The van der Waals surface area contributed by atoms with Crippen molar-refractivity contribution in [3.63, 3.8) is 0 Å². The summed E-state index contributed by atoms with van der Waals surface area (Å²) in [4.78, 5) is 32.4. The van der Waals surface area contributed by atoms with Crippen LogP contribution in [0.1, 0.15) is 10.4 Å². The molecule has 1 aliphatic rings. The molecular weight excluding hydrogens is 602 g/mol. The number of H-pyrrole nitrogens is 1. The lowest BCUT2D eigenvalue weighted by Crippen LogP contribution is -2.51. The molecule has 0 aliphatic carbocycles. The maximum absolute atomic E-state index is 13.1. The van der Waals surface area contributed by atoms with Gasteiger partial charge in [-0.05, 0) is 36.4 Å². The first-order valence-electron chi connectivity index (χ1n) is 13.5. The first kappa shape index (κ1) is 30.8. The molecular formula is C28H28F2N6O7S. The number of pyridine rings is 1. The number of nitro groups is 1. The number of nitrogens with one attached hydrogen (secondary N) is 3. The number of fused-ring (bicyclic) bond motifs is 1. The Hall–Kier alpha value is -4.67. The molecule has 2 aromatic carbocycles. The summed E-state index contributed by atoms with van der Waals surface area (Å²) in [5, 5.41) is 15.5. The Morgan fingerprint density at radius 2 is 2.00 bits per heavy atom. The molecule has 3 N–H and O–H groups in total. The van der Waals surface area contributed by atoms with Gasteiger partial charge in [0.25, 0.3) is 21.6 Å². The number of hydrogen-bond donors (Lipinski definition) is 3. The highest BCUT2D eigenvalue weighted by Gasteiger charge is 2.28. The number of carbonyl (C=O) groups is 1. The van der Waals surface area contributed by atoms with Gasteiger partial charge in [-0.2, -0.15) is 0 Å². The number of morpholine rings is 1. The molecule has 1 atom stereocenters. The molecule has 1 fully saturated rings. The number of para-hydroxylation sites is 1. The van der Waals surface area contributed by atoms with E-state index in [2.05, 4.69) is 15.3 Å². The monoisotopic (exact) mass is 630 g/mol. The molecule has 0 saturated carbocycles. The lowest BCUT2D eigenvalue weighted by Gasteiger charge is -2.36. The van der Waals surface area contributed by atoms with E-state index in [-0.39, 0.29) is 36.7 Å². The molecule has 1 unspecified atom stereocenters. The Bertz CT molecular complexity index is 1770. The normalized spacial score (nSPS) is 15.8. The quantitative estimate of drug-likeness (QED) is 0.155. The Balaban J connectivity index is 1.29. The van der Waals surface area contributed by atoms with Gasteiger partial charge in [0.1, 0.15) is 36.2 Å². The number of ether oxygens (including phenoxy) is 2. The molecule has 0 radical (unpaired) electrons. The van der Waals surface area contributed by atoms with Crippen LogP contribution >= 0.6 is 0 Å². The number of halogens is 2. The number of carbonyl (C=O) groups excluding carboxylic acids is 1. The molecule has 5 rings (SSSR count). The van der Waals surface area contributed by atoms with E-state index in [1.54, 1.807) is 29.3 Å². The number of nitrogens with zero attached hydrogens (tertiary/aromatic N) is 3. The standard InChI is InChI=1S/C28H28F2N6O7S/c29-13-19(14-30)35-9-10-42-21(17-35)16-32-24-6-5-22(12-25(24)36(38)39)44(40,41)34-28(37)23-3-1-2-4-26(23)43-20-11-18-7-8-31-27(18)33-15-20/h1-8,11-12,15,19,21,32H,9-10,13-14,16-17H2,(H,31,33)(H,34,37). The number of aromatic nitrogens is 2. The first-order valence-corrected chi connectivity index (χ1v) is 14.9. The molecule has 232 valence electrons. The SMILES string of the molecule is O=C(NS(=O)(=O)c1ccc(NCC2CN(C(CF)CF)CCO2)c([N+](=O)[O-])c1)c1ccccc1Oc1cnc2[nH]ccc2c1. The van der Waals surface area contributed by atoms with Gasteiger partial charge in [0.05, 0.1) is 40.3 Å². The molecule has 1 aliphatic heterocycles. The summed E-state index contributed by atoms with van der Waals surface area (Å²) in [5.74, 6) is -0.634. The number of hydrogen-bond acceptors (Lipinski definition) is 10. The third-order valence-electron chi connectivity index (χ3n) is 7.00. The Kier molecular flexibility index (Phi) is 9.32. The zero-order valence-corrected chi connectivity index (χ0v) is 23.9. The van der Waals surface area contributed by atoms with E-state index < -0.39 is 56.9 Å². The molecule has 0 bridgehead atoms. The number of anilines is 1. The van der Waals surface area contributed by atoms with Gasteiger partial charge in [-0.3, -0.25) is 19.8 Å². The second-order valence-corrected chi connectivity index (χ2v) is 11.6. The van der Waals surface area contributed by atoms with E-state index in [9.17, 15) is 32.1 Å². The van der Waals surface area contributed by atoms with Crippen LogP contribution in [-0.2, 0) is 14.8 Å². The minimum atomic E-state index is -4.56. The number of alkyl halides is 2. The summed E-state index contributed by atoms with van der Waals surface area (Å²) < 4.78 is 65.9. The predicted molar refractivity (Wildman–Crippen MR) is 156 cm³/mol. The Morgan fingerprint density at radius 1 is 1.20 bits per heavy atom. The van der Waals surface area contributed by atoms with E-state index >= 15 is 0 Å². The zero-order chi connectivity index (χ0) is 31.3. The van der Waals surface area contributed by atoms with E-state index in [1.807, 2.05) is 4.72 Å². The molecule has 0 spiro atoms. The average Bonchev–Trinajstić information content (AvgIpc) is 3.49. The van der Waals surface area contributed by atoms with E-state index in [0.717, 1.165) is 17.5 Å². The number of amides is 1. The maximum Gasteiger partial charge on any atom is 0.293 e. The number of rotatable bonds is 12. The lowest BCUT2D eigenvalue weighted by atomic mass is 10.2. The van der Waals surface area contributed by atoms with Crippen LogP contribution in [0.2, 0.25) is 0 Å². The van der Waals surface area contributed by atoms with Crippen molar-refractivity contribution in [2.24, 2.45) is 0 Å². The van der Waals surface area contributed by atoms with Crippen LogP contribution in [0.3, 0.4) is 0 Å². The molecule has 4 aromatic rings. The van der Waals surface area contributed by atoms with Gasteiger partial charge in [-0.1, -0.05) is 12.1 Å². The third kappa shape index (κ3) is 6.93. The summed E-state index contributed by atoms with van der Waals surface area (Å²) in [7, 11) is -4.56. The van der Waals surface area contributed by atoms with Crippen LogP contribution in [0.25, 0.3) is 11.0 Å². The Morgan fingerprint density at radius 3 is 2.77 bits per heavy atom. The molecule has 13 nitrogen and oxygen atoms in total. The van der Waals surface area contributed by atoms with Gasteiger partial charge < -0.3 is 19.8 Å². The van der Waals surface area contributed by atoms with Crippen molar-refractivity contribution in [3.05, 3.63) is 82.7 Å². The van der Waals surface area contributed by atoms with E-state index in [1.165, 1.54) is 30.5 Å². The number of nitro benzene ring substituents is 1. The number of benzene rings is 2. The first-order chi connectivity index (χ1) is 21.2. The molecule has 3 heterocycles.